The molecule has 8 atom stereocenters. The lowest BCUT2D eigenvalue weighted by molar-refractivity contribution is -0.278. The summed E-state index contributed by atoms with van der Waals surface area (Å²) in [4.78, 5) is 12.5. The van der Waals surface area contributed by atoms with Gasteiger partial charge < -0.3 is 59.8 Å². The Labute approximate surface area is 254 Å². The smallest absolute Gasteiger partial charge is 0.333 e. The van der Waals surface area contributed by atoms with Crippen molar-refractivity contribution in [3.63, 3.8) is 0 Å². The third kappa shape index (κ3) is 7.73. The number of aliphatic hydroxyl groups excluding tert-OH is 5. The van der Waals surface area contributed by atoms with Gasteiger partial charge in [0.2, 0.25) is 6.29 Å². The molecule has 4 rings (SSSR count). The van der Waals surface area contributed by atoms with Crippen LogP contribution in [0.5, 0.6) is 28.7 Å². The normalized spacial score (nSPS) is 27.6. The molecule has 0 spiro atoms. The van der Waals surface area contributed by atoms with Crippen LogP contribution in [0.15, 0.2) is 42.0 Å². The van der Waals surface area contributed by atoms with Crippen molar-refractivity contribution in [2.75, 3.05) is 13.2 Å². The first kappa shape index (κ1) is 33.3. The first-order valence-electron chi connectivity index (χ1n) is 14.4. The van der Waals surface area contributed by atoms with E-state index in [-0.39, 0.29) is 41.6 Å². The van der Waals surface area contributed by atoms with E-state index >= 15 is 0 Å². The van der Waals surface area contributed by atoms with Crippen LogP contribution in [0.3, 0.4) is 0 Å². The molecule has 2 aromatic rings. The van der Waals surface area contributed by atoms with Crippen molar-refractivity contribution in [3.05, 3.63) is 53.1 Å². The molecule has 13 heteroatoms. The molecule has 13 nitrogen and oxygen atoms in total. The summed E-state index contributed by atoms with van der Waals surface area (Å²) in [6.07, 6.45) is -6.13. The van der Waals surface area contributed by atoms with Crippen molar-refractivity contribution in [3.8, 4) is 28.7 Å². The molecule has 0 aromatic heterocycles. The molecule has 0 amide bonds. The summed E-state index contributed by atoms with van der Waals surface area (Å²) >= 11 is 0. The highest BCUT2D eigenvalue weighted by atomic mass is 16.7. The number of phenols is 3. The zero-order valence-electron chi connectivity index (χ0n) is 24.4. The lowest BCUT2D eigenvalue weighted by Crippen LogP contribution is -2.60. The van der Waals surface area contributed by atoms with E-state index < -0.39 is 61.2 Å². The molecule has 1 fully saturated rings. The van der Waals surface area contributed by atoms with Gasteiger partial charge in [0.15, 0.2) is 11.5 Å². The second-order valence-electron chi connectivity index (χ2n) is 11.3. The zero-order valence-corrected chi connectivity index (χ0v) is 24.4. The lowest BCUT2D eigenvalue weighted by Gasteiger charge is -2.40. The minimum atomic E-state index is -1.72. The first-order chi connectivity index (χ1) is 20.9. The third-order valence-corrected chi connectivity index (χ3v) is 7.86. The van der Waals surface area contributed by atoms with Gasteiger partial charge in [-0.1, -0.05) is 19.1 Å². The number of aliphatic hydroxyl groups is 5. The molecule has 2 aliphatic rings. The summed E-state index contributed by atoms with van der Waals surface area (Å²) in [5, 5.41) is 81.3. The largest absolute Gasteiger partial charge is 0.507 e. The van der Waals surface area contributed by atoms with E-state index in [2.05, 4.69) is 0 Å². The average molecular weight is 621 g/mol. The predicted molar refractivity (Wildman–Crippen MR) is 153 cm³/mol. The Morgan fingerprint density at radius 1 is 1.00 bits per heavy atom. The van der Waals surface area contributed by atoms with E-state index in [1.54, 1.807) is 13.0 Å². The van der Waals surface area contributed by atoms with Gasteiger partial charge in [0.25, 0.3) is 0 Å². The summed E-state index contributed by atoms with van der Waals surface area (Å²) in [5.41, 5.74) is 0.988. The Kier molecular flexibility index (Phi) is 10.9. The van der Waals surface area contributed by atoms with E-state index in [0.717, 1.165) is 6.42 Å². The number of phenolic OH excluding ortho intramolecular Hbond substituents is 3. The molecule has 0 bridgehead atoms. The van der Waals surface area contributed by atoms with Gasteiger partial charge in [-0.15, -0.1) is 0 Å². The van der Waals surface area contributed by atoms with Crippen molar-refractivity contribution >= 4 is 5.97 Å². The molecule has 0 saturated carbocycles. The second-order valence-corrected chi connectivity index (χ2v) is 11.3. The quantitative estimate of drug-likeness (QED) is 0.101. The maximum Gasteiger partial charge on any atom is 0.333 e. The molecule has 2 aromatic carbocycles. The second kappa shape index (κ2) is 14.5. The van der Waals surface area contributed by atoms with E-state index in [9.17, 15) is 40.5 Å². The number of esters is 1. The average Bonchev–Trinajstić information content (AvgIpc) is 2.98. The Morgan fingerprint density at radius 2 is 1.75 bits per heavy atom. The van der Waals surface area contributed by atoms with Gasteiger partial charge in [0.1, 0.15) is 54.4 Å². The molecule has 8 N–H and O–H groups in total. The van der Waals surface area contributed by atoms with Crippen molar-refractivity contribution in [2.24, 2.45) is 5.92 Å². The molecule has 44 heavy (non-hydrogen) atoms. The number of fused-ring (bicyclic) bond motifs is 1. The molecule has 1 saturated heterocycles. The van der Waals surface area contributed by atoms with Gasteiger partial charge in [0, 0.05) is 36.3 Å². The Morgan fingerprint density at radius 3 is 2.45 bits per heavy atom. The molecule has 0 unspecified atom stereocenters. The summed E-state index contributed by atoms with van der Waals surface area (Å²) < 4.78 is 22.6. The monoisotopic (exact) mass is 620 g/mol. The highest BCUT2D eigenvalue weighted by molar-refractivity contribution is 5.87. The van der Waals surface area contributed by atoms with Crippen LogP contribution in [0.2, 0.25) is 0 Å². The molecule has 2 heterocycles. The molecule has 0 radical (unpaired) electrons. The van der Waals surface area contributed by atoms with Gasteiger partial charge in [-0.05, 0) is 49.8 Å². The van der Waals surface area contributed by atoms with E-state index in [4.69, 9.17) is 24.1 Å². The maximum atomic E-state index is 12.5. The topological polar surface area (TPSA) is 216 Å². The van der Waals surface area contributed by atoms with Gasteiger partial charge in [-0.2, -0.15) is 0 Å². The highest BCUT2D eigenvalue weighted by Gasteiger charge is 2.46. The molecular weight excluding hydrogens is 580 g/mol. The molecular formula is C31H40O13. The standard InChI is InChI=1S/C31H40O13/c1-15(8-9-32)4-3-5-16(2)30(40)41-14-25-26(37)27(38)28(39)31(44-25)42-18-11-21(34)19-13-23(36)29(43-24(19)12-18)17-6-7-20(33)22(35)10-17/h5-7,10-12,15,23,25-29,31-39H,3-4,8-9,13-14H2,1-2H3/b16-5+/t15-,23+,25-,26-,27+,28-,29-,31-/m1/s1. The van der Waals surface area contributed by atoms with Crippen molar-refractivity contribution in [1.29, 1.82) is 0 Å². The minimum Gasteiger partial charge on any atom is -0.507 e. The van der Waals surface area contributed by atoms with Gasteiger partial charge in [-0.3, -0.25) is 0 Å². The fourth-order valence-corrected chi connectivity index (χ4v) is 5.11. The van der Waals surface area contributed by atoms with Gasteiger partial charge >= 0.3 is 5.97 Å². The molecule has 0 aliphatic carbocycles. The van der Waals surface area contributed by atoms with Crippen molar-refractivity contribution < 1.29 is 64.6 Å². The number of rotatable bonds is 11. The predicted octanol–water partition coefficient (Wildman–Crippen LogP) is 1.32. The lowest BCUT2D eigenvalue weighted by atomic mass is 9.94. The first-order valence-corrected chi connectivity index (χ1v) is 14.4. The Balaban J connectivity index is 1.42. The van der Waals surface area contributed by atoms with Crippen LogP contribution in [0.1, 0.15) is 50.3 Å². The SMILES string of the molecule is C/C(=C\CC[C@@H](C)CCO)C(=O)OC[C@H]1O[C@@H](Oc2cc(O)c3c(c2)O[C@H](c2ccc(O)c(O)c2)[C@@H](O)C3)[C@H](O)[C@@H](O)[C@@H]1O. The van der Waals surface area contributed by atoms with Crippen LogP contribution < -0.4 is 9.47 Å². The number of ether oxygens (including phenoxy) is 4. The zero-order chi connectivity index (χ0) is 32.1. The van der Waals surface area contributed by atoms with Gasteiger partial charge in [0.05, 0.1) is 6.10 Å². The van der Waals surface area contributed by atoms with Crippen molar-refractivity contribution in [2.45, 2.75) is 82.4 Å². The number of allylic oxidation sites excluding steroid dienone is 1. The fraction of sp³-hybridized carbons (Fsp3) is 0.516. The van der Waals surface area contributed by atoms with Crippen LogP contribution in [0, 0.1) is 5.92 Å². The highest BCUT2D eigenvalue weighted by Crippen LogP contribution is 2.43. The summed E-state index contributed by atoms with van der Waals surface area (Å²) in [6.45, 7) is 3.23. The number of hydrogen-bond acceptors (Lipinski definition) is 13. The van der Waals surface area contributed by atoms with E-state index in [1.807, 2.05) is 6.92 Å². The number of hydrogen-bond donors (Lipinski definition) is 8. The minimum absolute atomic E-state index is 0.00972. The van der Waals surface area contributed by atoms with Crippen LogP contribution >= 0.6 is 0 Å². The maximum absolute atomic E-state index is 12.5. The third-order valence-electron chi connectivity index (χ3n) is 7.86. The number of carbonyl (C=O) groups excluding carboxylic acids is 1. The van der Waals surface area contributed by atoms with Crippen LogP contribution in [-0.4, -0.2) is 96.8 Å². The van der Waals surface area contributed by atoms with E-state index in [1.165, 1.54) is 30.3 Å². The van der Waals surface area contributed by atoms with Crippen LogP contribution in [-0.2, 0) is 20.7 Å². The molecule has 2 aliphatic heterocycles. The number of aromatic hydroxyl groups is 3. The number of carbonyl (C=O) groups is 1. The van der Waals surface area contributed by atoms with Crippen LogP contribution in [0.4, 0.5) is 0 Å². The van der Waals surface area contributed by atoms with Crippen LogP contribution in [0.25, 0.3) is 0 Å². The summed E-state index contributed by atoms with van der Waals surface area (Å²) in [5.74, 6) is -1.29. The Hall–Kier alpha value is -3.59. The summed E-state index contributed by atoms with van der Waals surface area (Å²) in [6, 6.07) is 6.56. The number of benzene rings is 2. The Bertz CT molecular complexity index is 1330. The molecule has 242 valence electrons. The van der Waals surface area contributed by atoms with E-state index in [0.29, 0.717) is 29.9 Å². The van der Waals surface area contributed by atoms with Gasteiger partial charge in [-0.25, -0.2) is 4.79 Å². The summed E-state index contributed by atoms with van der Waals surface area (Å²) in [7, 11) is 0. The fourth-order valence-electron chi connectivity index (χ4n) is 5.11. The van der Waals surface area contributed by atoms with Crippen molar-refractivity contribution in [1.82, 2.24) is 0 Å².